The third-order valence-electron chi connectivity index (χ3n) is 3.90. The van der Waals surface area contributed by atoms with Crippen LogP contribution in [0, 0.1) is 0 Å². The summed E-state index contributed by atoms with van der Waals surface area (Å²) < 4.78 is 5.26. The molecule has 0 aliphatic carbocycles. The van der Waals surface area contributed by atoms with Crippen LogP contribution in [0.1, 0.15) is 34.3 Å². The fourth-order valence-corrected chi connectivity index (χ4v) is 2.53. The first-order valence-corrected chi connectivity index (χ1v) is 7.76. The lowest BCUT2D eigenvalue weighted by atomic mass is 10.1. The molecule has 24 heavy (non-hydrogen) atoms. The number of carbonyl (C=O) groups is 3. The van der Waals surface area contributed by atoms with Crippen molar-refractivity contribution in [3.8, 4) is 0 Å². The minimum absolute atomic E-state index is 0.147. The Labute approximate surface area is 139 Å². The monoisotopic (exact) mass is 323 g/mol. The van der Waals surface area contributed by atoms with Crippen LogP contribution in [-0.2, 0) is 27.5 Å². The van der Waals surface area contributed by atoms with Gasteiger partial charge in [-0.1, -0.05) is 42.5 Å². The van der Waals surface area contributed by atoms with Crippen molar-refractivity contribution in [1.29, 1.82) is 0 Å². The average molecular weight is 323 g/mol. The minimum atomic E-state index is -0.404. The highest BCUT2D eigenvalue weighted by Crippen LogP contribution is 2.16. The topological polar surface area (TPSA) is 63.7 Å². The molecule has 0 N–H and O–H groups in total. The van der Waals surface area contributed by atoms with Gasteiger partial charge in [0.1, 0.15) is 6.61 Å². The molecule has 1 aliphatic heterocycles. The Bertz CT molecular complexity index is 737. The number of nitrogens with zero attached hydrogens (tertiary/aromatic N) is 1. The van der Waals surface area contributed by atoms with Gasteiger partial charge in [0.2, 0.25) is 11.8 Å². The molecule has 0 saturated carbocycles. The third-order valence-corrected chi connectivity index (χ3v) is 3.90. The molecule has 1 aliphatic rings. The number of esters is 1. The molecular weight excluding hydrogens is 306 g/mol. The number of benzene rings is 2. The second-order valence-electron chi connectivity index (χ2n) is 5.63. The molecule has 5 heteroatoms. The summed E-state index contributed by atoms with van der Waals surface area (Å²) in [6.45, 7) is 0.467. The van der Waals surface area contributed by atoms with Gasteiger partial charge in [0.05, 0.1) is 12.1 Å². The van der Waals surface area contributed by atoms with Crippen molar-refractivity contribution in [2.45, 2.75) is 26.0 Å². The van der Waals surface area contributed by atoms with Crippen molar-refractivity contribution >= 4 is 17.8 Å². The predicted octanol–water partition coefficient (Wildman–Crippen LogP) is 2.69. The Kier molecular flexibility index (Phi) is 4.70. The highest BCUT2D eigenvalue weighted by Gasteiger charge is 2.28. The SMILES string of the molecule is O=C(OCc1ccccc1)c1ccc(CN2C(=O)CCC2=O)cc1. The summed E-state index contributed by atoms with van der Waals surface area (Å²) in [6, 6.07) is 16.2. The number of imide groups is 1. The molecule has 1 saturated heterocycles. The summed E-state index contributed by atoms with van der Waals surface area (Å²) in [7, 11) is 0. The number of hydrogen-bond acceptors (Lipinski definition) is 4. The van der Waals surface area contributed by atoms with E-state index in [2.05, 4.69) is 0 Å². The number of likely N-dealkylation sites (tertiary alicyclic amines) is 1. The van der Waals surface area contributed by atoms with Crippen molar-refractivity contribution in [2.24, 2.45) is 0 Å². The average Bonchev–Trinajstić information content (AvgIpc) is 2.93. The quantitative estimate of drug-likeness (QED) is 0.627. The van der Waals surface area contributed by atoms with Crippen molar-refractivity contribution < 1.29 is 19.1 Å². The Morgan fingerprint density at radius 3 is 2.12 bits per heavy atom. The van der Waals surface area contributed by atoms with E-state index in [0.29, 0.717) is 5.56 Å². The van der Waals surface area contributed by atoms with E-state index in [9.17, 15) is 14.4 Å². The van der Waals surface area contributed by atoms with E-state index in [0.717, 1.165) is 11.1 Å². The van der Waals surface area contributed by atoms with Gasteiger partial charge >= 0.3 is 5.97 Å². The van der Waals surface area contributed by atoms with Crippen LogP contribution in [0.2, 0.25) is 0 Å². The van der Waals surface area contributed by atoms with Crippen LogP contribution in [0.15, 0.2) is 54.6 Å². The molecule has 2 aromatic carbocycles. The summed E-state index contributed by atoms with van der Waals surface area (Å²) in [5.74, 6) is -0.698. The van der Waals surface area contributed by atoms with E-state index in [1.807, 2.05) is 30.3 Å². The molecule has 0 bridgehead atoms. The number of carbonyl (C=O) groups excluding carboxylic acids is 3. The van der Waals surface area contributed by atoms with Crippen LogP contribution in [0.25, 0.3) is 0 Å². The van der Waals surface area contributed by atoms with Crippen LogP contribution >= 0.6 is 0 Å². The van der Waals surface area contributed by atoms with Gasteiger partial charge in [0, 0.05) is 12.8 Å². The lowest BCUT2D eigenvalue weighted by Crippen LogP contribution is -2.28. The van der Waals surface area contributed by atoms with E-state index < -0.39 is 5.97 Å². The Hall–Kier alpha value is -2.95. The molecule has 0 atom stereocenters. The molecule has 0 spiro atoms. The van der Waals surface area contributed by atoms with Crippen molar-refractivity contribution in [1.82, 2.24) is 4.90 Å². The summed E-state index contributed by atoms with van der Waals surface area (Å²) in [4.78, 5) is 36.5. The maximum Gasteiger partial charge on any atom is 0.338 e. The van der Waals surface area contributed by atoms with Crippen molar-refractivity contribution in [3.63, 3.8) is 0 Å². The predicted molar refractivity (Wildman–Crippen MR) is 86.8 cm³/mol. The van der Waals surface area contributed by atoms with E-state index in [1.54, 1.807) is 24.3 Å². The Morgan fingerprint density at radius 1 is 0.875 bits per heavy atom. The minimum Gasteiger partial charge on any atom is -0.457 e. The fraction of sp³-hybridized carbons (Fsp3) is 0.211. The van der Waals surface area contributed by atoms with E-state index in [1.165, 1.54) is 4.90 Å². The second-order valence-corrected chi connectivity index (χ2v) is 5.63. The van der Waals surface area contributed by atoms with Crippen LogP contribution in [0.4, 0.5) is 0 Å². The zero-order chi connectivity index (χ0) is 16.9. The molecular formula is C19H17NO4. The lowest BCUT2D eigenvalue weighted by molar-refractivity contribution is -0.139. The summed E-state index contributed by atoms with van der Waals surface area (Å²) in [5, 5.41) is 0. The van der Waals surface area contributed by atoms with Gasteiger partial charge in [-0.15, -0.1) is 0 Å². The van der Waals surface area contributed by atoms with Gasteiger partial charge in [-0.3, -0.25) is 14.5 Å². The van der Waals surface area contributed by atoms with Gasteiger partial charge in [-0.2, -0.15) is 0 Å². The molecule has 0 unspecified atom stereocenters. The first-order valence-electron chi connectivity index (χ1n) is 7.76. The van der Waals surface area contributed by atoms with E-state index >= 15 is 0 Å². The van der Waals surface area contributed by atoms with Crippen molar-refractivity contribution in [2.75, 3.05) is 0 Å². The van der Waals surface area contributed by atoms with Gasteiger partial charge < -0.3 is 4.74 Å². The maximum atomic E-state index is 12.0. The highest BCUT2D eigenvalue weighted by molar-refractivity contribution is 6.01. The first kappa shape index (κ1) is 15.9. The number of rotatable bonds is 5. The molecule has 122 valence electrons. The van der Waals surface area contributed by atoms with Crippen molar-refractivity contribution in [3.05, 3.63) is 71.3 Å². The van der Waals surface area contributed by atoms with Crippen LogP contribution < -0.4 is 0 Å². The molecule has 1 heterocycles. The molecule has 3 rings (SSSR count). The fourth-order valence-electron chi connectivity index (χ4n) is 2.53. The van der Waals surface area contributed by atoms with Crippen LogP contribution in [-0.4, -0.2) is 22.7 Å². The largest absolute Gasteiger partial charge is 0.457 e. The highest BCUT2D eigenvalue weighted by atomic mass is 16.5. The smallest absolute Gasteiger partial charge is 0.338 e. The van der Waals surface area contributed by atoms with Gasteiger partial charge in [0.25, 0.3) is 0 Å². The second kappa shape index (κ2) is 7.08. The van der Waals surface area contributed by atoms with Gasteiger partial charge in [0.15, 0.2) is 0 Å². The molecule has 1 fully saturated rings. The zero-order valence-corrected chi connectivity index (χ0v) is 13.1. The van der Waals surface area contributed by atoms with Crippen LogP contribution in [0.3, 0.4) is 0 Å². The molecule has 5 nitrogen and oxygen atoms in total. The third kappa shape index (κ3) is 3.68. The lowest BCUT2D eigenvalue weighted by Gasteiger charge is -2.13. The standard InChI is InChI=1S/C19H17NO4/c21-17-10-11-18(22)20(17)12-14-6-8-16(9-7-14)19(23)24-13-15-4-2-1-3-5-15/h1-9H,10-13H2. The van der Waals surface area contributed by atoms with Gasteiger partial charge in [-0.05, 0) is 23.3 Å². The zero-order valence-electron chi connectivity index (χ0n) is 13.1. The molecule has 2 amide bonds. The molecule has 0 aromatic heterocycles. The normalized spacial score (nSPS) is 14.1. The number of hydrogen-bond donors (Lipinski definition) is 0. The van der Waals surface area contributed by atoms with Crippen LogP contribution in [0.5, 0.6) is 0 Å². The summed E-state index contributed by atoms with van der Waals surface area (Å²) in [6.07, 6.45) is 0.561. The first-order chi connectivity index (χ1) is 11.6. The van der Waals surface area contributed by atoms with E-state index in [-0.39, 0.29) is 37.8 Å². The Morgan fingerprint density at radius 2 is 1.50 bits per heavy atom. The molecule has 0 radical (unpaired) electrons. The summed E-state index contributed by atoms with van der Waals surface area (Å²) in [5.41, 5.74) is 2.17. The number of ether oxygens (including phenoxy) is 1. The maximum absolute atomic E-state index is 12.0. The Balaban J connectivity index is 1.58. The summed E-state index contributed by atoms with van der Waals surface area (Å²) >= 11 is 0. The molecule has 2 aromatic rings. The number of amides is 2. The van der Waals surface area contributed by atoms with E-state index in [4.69, 9.17) is 4.74 Å². The van der Waals surface area contributed by atoms with Gasteiger partial charge in [-0.25, -0.2) is 4.79 Å².